The van der Waals surface area contributed by atoms with Crippen LogP contribution in [0, 0.1) is 11.6 Å². The second kappa shape index (κ2) is 6.20. The Morgan fingerprint density at radius 1 is 1.20 bits per heavy atom. The molecule has 2 N–H and O–H groups in total. The summed E-state index contributed by atoms with van der Waals surface area (Å²) < 4.78 is 32.2. The van der Waals surface area contributed by atoms with Gasteiger partial charge in [0.1, 0.15) is 24.0 Å². The van der Waals surface area contributed by atoms with Gasteiger partial charge in [0.25, 0.3) is 0 Å². The van der Waals surface area contributed by atoms with Gasteiger partial charge in [0.2, 0.25) is 0 Å². The Bertz CT molecular complexity index is 617. The summed E-state index contributed by atoms with van der Waals surface area (Å²) in [5, 5.41) is 0.402. The van der Waals surface area contributed by atoms with Gasteiger partial charge in [0, 0.05) is 28.3 Å². The van der Waals surface area contributed by atoms with E-state index in [9.17, 15) is 8.78 Å². The van der Waals surface area contributed by atoms with Crippen LogP contribution < -0.4 is 10.5 Å². The summed E-state index contributed by atoms with van der Waals surface area (Å²) in [6, 6.07) is 8.07. The molecule has 2 aromatic carbocycles. The molecule has 1 unspecified atom stereocenters. The lowest BCUT2D eigenvalue weighted by molar-refractivity contribution is 0.303. The number of hydrogen-bond acceptors (Lipinski definition) is 2. The predicted octanol–water partition coefficient (Wildman–Crippen LogP) is 4.22. The summed E-state index contributed by atoms with van der Waals surface area (Å²) in [7, 11) is 0. The fourth-order valence-corrected chi connectivity index (χ4v) is 1.95. The molecule has 1 atom stereocenters. The van der Waals surface area contributed by atoms with Gasteiger partial charge < -0.3 is 10.5 Å². The van der Waals surface area contributed by atoms with Gasteiger partial charge in [0.05, 0.1) is 0 Å². The highest BCUT2D eigenvalue weighted by atomic mass is 35.5. The largest absolute Gasteiger partial charge is 0.489 e. The van der Waals surface area contributed by atoms with Crippen molar-refractivity contribution in [3.05, 3.63) is 64.2 Å². The van der Waals surface area contributed by atoms with Crippen molar-refractivity contribution in [1.29, 1.82) is 0 Å². The molecule has 0 heterocycles. The van der Waals surface area contributed by atoms with E-state index >= 15 is 0 Å². The highest BCUT2D eigenvalue weighted by Gasteiger charge is 2.09. The molecule has 2 rings (SSSR count). The van der Waals surface area contributed by atoms with E-state index in [-0.39, 0.29) is 12.6 Å². The van der Waals surface area contributed by atoms with Crippen molar-refractivity contribution in [1.82, 2.24) is 0 Å². The zero-order valence-corrected chi connectivity index (χ0v) is 11.6. The minimum atomic E-state index is -0.428. The summed E-state index contributed by atoms with van der Waals surface area (Å²) in [6.07, 6.45) is 0. The van der Waals surface area contributed by atoms with Crippen molar-refractivity contribution in [2.75, 3.05) is 0 Å². The number of halogens is 3. The van der Waals surface area contributed by atoms with Crippen LogP contribution in [0.15, 0.2) is 36.4 Å². The zero-order valence-electron chi connectivity index (χ0n) is 10.9. The average Bonchev–Trinajstić information content (AvgIpc) is 2.39. The van der Waals surface area contributed by atoms with Gasteiger partial charge in [-0.2, -0.15) is 0 Å². The Labute approximate surface area is 121 Å². The molecule has 20 heavy (non-hydrogen) atoms. The second-order valence-electron chi connectivity index (χ2n) is 4.50. The molecule has 2 nitrogen and oxygen atoms in total. The molecular formula is C15H14ClF2NO. The van der Waals surface area contributed by atoms with Crippen LogP contribution in [0.4, 0.5) is 8.78 Å². The van der Waals surface area contributed by atoms with Gasteiger partial charge in [0.15, 0.2) is 0 Å². The van der Waals surface area contributed by atoms with E-state index in [1.807, 2.05) is 0 Å². The maximum Gasteiger partial charge on any atom is 0.131 e. The summed E-state index contributed by atoms with van der Waals surface area (Å²) >= 11 is 5.92. The maximum atomic E-state index is 13.7. The van der Waals surface area contributed by atoms with E-state index in [4.69, 9.17) is 22.1 Å². The molecule has 106 valence electrons. The van der Waals surface area contributed by atoms with Crippen LogP contribution in [-0.2, 0) is 6.61 Å². The molecule has 0 fully saturated rings. The summed E-state index contributed by atoms with van der Waals surface area (Å²) in [5.74, 6) is -0.485. The van der Waals surface area contributed by atoms with E-state index in [0.717, 1.165) is 0 Å². The average molecular weight is 298 g/mol. The quantitative estimate of drug-likeness (QED) is 0.917. The fourth-order valence-electron chi connectivity index (χ4n) is 1.78. The first-order valence-electron chi connectivity index (χ1n) is 6.09. The van der Waals surface area contributed by atoms with Crippen molar-refractivity contribution in [2.24, 2.45) is 5.73 Å². The van der Waals surface area contributed by atoms with Crippen LogP contribution in [0.2, 0.25) is 5.02 Å². The first kappa shape index (κ1) is 14.8. The summed E-state index contributed by atoms with van der Waals surface area (Å²) in [6.45, 7) is 1.76. The minimum absolute atomic E-state index is 0.0631. The third-order valence-electron chi connectivity index (χ3n) is 2.86. The van der Waals surface area contributed by atoms with E-state index in [1.165, 1.54) is 24.3 Å². The Balaban J connectivity index is 2.11. The van der Waals surface area contributed by atoms with Crippen LogP contribution >= 0.6 is 11.6 Å². The number of ether oxygens (including phenoxy) is 1. The minimum Gasteiger partial charge on any atom is -0.489 e. The molecule has 2 aromatic rings. The predicted molar refractivity (Wildman–Crippen MR) is 74.7 cm³/mol. The van der Waals surface area contributed by atoms with Gasteiger partial charge in [-0.05, 0) is 31.2 Å². The van der Waals surface area contributed by atoms with Crippen LogP contribution in [0.25, 0.3) is 0 Å². The molecule has 5 heteroatoms. The monoisotopic (exact) mass is 297 g/mol. The summed E-state index contributed by atoms with van der Waals surface area (Å²) in [5.41, 5.74) is 6.55. The standard InChI is InChI=1S/C15H14ClF2NO/c1-9(19)13-4-3-12(7-15(13)18)20-8-10-6-11(17)2-5-14(10)16/h2-7,9H,8,19H2,1H3. The smallest absolute Gasteiger partial charge is 0.131 e. The lowest BCUT2D eigenvalue weighted by Crippen LogP contribution is -2.07. The van der Waals surface area contributed by atoms with E-state index < -0.39 is 11.6 Å². The van der Waals surface area contributed by atoms with Crippen LogP contribution in [-0.4, -0.2) is 0 Å². The van der Waals surface area contributed by atoms with E-state index in [1.54, 1.807) is 19.1 Å². The van der Waals surface area contributed by atoms with Crippen molar-refractivity contribution in [3.8, 4) is 5.75 Å². The Morgan fingerprint density at radius 3 is 2.60 bits per heavy atom. The highest BCUT2D eigenvalue weighted by molar-refractivity contribution is 6.31. The van der Waals surface area contributed by atoms with Crippen LogP contribution in [0.3, 0.4) is 0 Å². The van der Waals surface area contributed by atoms with Crippen LogP contribution in [0.5, 0.6) is 5.75 Å². The topological polar surface area (TPSA) is 35.2 Å². The second-order valence-corrected chi connectivity index (χ2v) is 4.90. The molecule has 0 aromatic heterocycles. The highest BCUT2D eigenvalue weighted by Crippen LogP contribution is 2.23. The molecule has 0 saturated heterocycles. The first-order valence-corrected chi connectivity index (χ1v) is 6.47. The summed E-state index contributed by atoms with van der Waals surface area (Å²) in [4.78, 5) is 0. The lowest BCUT2D eigenvalue weighted by Gasteiger charge is -2.11. The van der Waals surface area contributed by atoms with E-state index in [2.05, 4.69) is 0 Å². The molecule has 0 aliphatic carbocycles. The van der Waals surface area contributed by atoms with E-state index in [0.29, 0.717) is 21.9 Å². The van der Waals surface area contributed by atoms with Crippen LogP contribution in [0.1, 0.15) is 24.1 Å². The Morgan fingerprint density at radius 2 is 1.95 bits per heavy atom. The van der Waals surface area contributed by atoms with Gasteiger partial charge in [-0.25, -0.2) is 8.78 Å². The lowest BCUT2D eigenvalue weighted by atomic mass is 10.1. The molecule has 0 spiro atoms. The fraction of sp³-hybridized carbons (Fsp3) is 0.200. The van der Waals surface area contributed by atoms with Gasteiger partial charge in [-0.15, -0.1) is 0 Å². The van der Waals surface area contributed by atoms with Crippen molar-refractivity contribution < 1.29 is 13.5 Å². The third-order valence-corrected chi connectivity index (χ3v) is 3.23. The van der Waals surface area contributed by atoms with Gasteiger partial charge in [-0.3, -0.25) is 0 Å². The molecule has 0 amide bonds. The van der Waals surface area contributed by atoms with Gasteiger partial charge >= 0.3 is 0 Å². The van der Waals surface area contributed by atoms with Crippen molar-refractivity contribution in [2.45, 2.75) is 19.6 Å². The zero-order chi connectivity index (χ0) is 14.7. The molecule has 0 aliphatic rings. The first-order chi connectivity index (χ1) is 9.47. The molecular weight excluding hydrogens is 284 g/mol. The SMILES string of the molecule is CC(N)c1ccc(OCc2cc(F)ccc2Cl)cc1F. The maximum absolute atomic E-state index is 13.7. The molecule has 0 aliphatic heterocycles. The number of nitrogens with two attached hydrogens (primary N) is 1. The van der Waals surface area contributed by atoms with Crippen molar-refractivity contribution in [3.63, 3.8) is 0 Å². The number of hydrogen-bond donors (Lipinski definition) is 1. The Hall–Kier alpha value is -1.65. The molecule has 0 bridgehead atoms. The normalized spacial score (nSPS) is 12.2. The number of benzene rings is 2. The Kier molecular flexibility index (Phi) is 4.57. The molecule has 0 saturated carbocycles. The van der Waals surface area contributed by atoms with Gasteiger partial charge in [-0.1, -0.05) is 17.7 Å². The number of rotatable bonds is 4. The third kappa shape index (κ3) is 3.46. The molecule has 0 radical (unpaired) electrons. The van der Waals surface area contributed by atoms with Crippen molar-refractivity contribution >= 4 is 11.6 Å².